The maximum absolute atomic E-state index is 11.8. The number of hydrogen-bond donors (Lipinski definition) is 2. The first-order chi connectivity index (χ1) is 8.04. The largest absolute Gasteiger partial charge is 0.381 e. The maximum Gasteiger partial charge on any atom is 0.240 e. The quantitative estimate of drug-likeness (QED) is 0.664. The number of carbonyl (C=O) groups excluding carboxylic acids is 1. The Hall–Kier alpha value is -0.610. The van der Waals surface area contributed by atoms with Crippen LogP contribution in [0, 0.1) is 5.92 Å². The van der Waals surface area contributed by atoms with E-state index in [0.717, 1.165) is 38.7 Å². The van der Waals surface area contributed by atoms with E-state index in [2.05, 4.69) is 19.2 Å². The molecule has 0 radical (unpaired) electrons. The molecule has 17 heavy (non-hydrogen) atoms. The molecule has 0 aromatic rings. The van der Waals surface area contributed by atoms with Crippen LogP contribution in [0.4, 0.5) is 0 Å². The molecule has 0 aromatic heterocycles. The van der Waals surface area contributed by atoms with Crippen LogP contribution in [0.3, 0.4) is 0 Å². The van der Waals surface area contributed by atoms with Crippen molar-refractivity contribution in [2.75, 3.05) is 19.8 Å². The average molecular weight is 242 g/mol. The molecule has 0 atom stereocenters. The van der Waals surface area contributed by atoms with Crippen molar-refractivity contribution in [3.63, 3.8) is 0 Å². The summed E-state index contributed by atoms with van der Waals surface area (Å²) in [6.07, 6.45) is 4.64. The molecule has 1 aliphatic rings. The number of ether oxygens (including phenoxy) is 1. The van der Waals surface area contributed by atoms with Crippen molar-refractivity contribution in [2.45, 2.75) is 51.5 Å². The van der Waals surface area contributed by atoms with E-state index in [0.29, 0.717) is 19.1 Å². The molecule has 0 aromatic carbocycles. The van der Waals surface area contributed by atoms with E-state index in [1.54, 1.807) is 0 Å². The zero-order valence-corrected chi connectivity index (χ0v) is 11.1. The maximum atomic E-state index is 11.8. The highest BCUT2D eigenvalue weighted by Gasteiger charge is 2.36. The van der Waals surface area contributed by atoms with Crippen LogP contribution in [0.15, 0.2) is 0 Å². The smallest absolute Gasteiger partial charge is 0.240 e. The fraction of sp³-hybridized carbons (Fsp3) is 0.923. The molecule has 0 unspecified atom stereocenters. The number of amides is 1. The highest BCUT2D eigenvalue weighted by atomic mass is 16.5. The van der Waals surface area contributed by atoms with Gasteiger partial charge < -0.3 is 15.8 Å². The summed E-state index contributed by atoms with van der Waals surface area (Å²) >= 11 is 0. The van der Waals surface area contributed by atoms with Crippen LogP contribution in [0.2, 0.25) is 0 Å². The lowest BCUT2D eigenvalue weighted by Crippen LogP contribution is -2.52. The minimum absolute atomic E-state index is 0.0128. The van der Waals surface area contributed by atoms with Crippen molar-refractivity contribution < 1.29 is 9.53 Å². The van der Waals surface area contributed by atoms with Gasteiger partial charge in [-0.05, 0) is 25.2 Å². The highest BCUT2D eigenvalue weighted by Crippen LogP contribution is 2.27. The van der Waals surface area contributed by atoms with Crippen LogP contribution in [0.25, 0.3) is 0 Å². The molecule has 4 nitrogen and oxygen atoms in total. The van der Waals surface area contributed by atoms with Gasteiger partial charge in [-0.3, -0.25) is 4.79 Å². The molecule has 1 aliphatic carbocycles. The third-order valence-corrected chi connectivity index (χ3v) is 3.15. The molecule has 0 aliphatic heterocycles. The Morgan fingerprint density at radius 2 is 2.06 bits per heavy atom. The van der Waals surface area contributed by atoms with Crippen molar-refractivity contribution in [3.8, 4) is 0 Å². The average Bonchev–Trinajstić information content (AvgIpc) is 2.71. The number of hydrogen-bond acceptors (Lipinski definition) is 3. The zero-order chi connectivity index (χ0) is 12.7. The van der Waals surface area contributed by atoms with Gasteiger partial charge in [0.1, 0.15) is 0 Å². The first-order valence-electron chi connectivity index (χ1n) is 6.69. The molecule has 1 saturated carbocycles. The molecule has 1 rings (SSSR count). The van der Waals surface area contributed by atoms with Gasteiger partial charge in [0.15, 0.2) is 0 Å². The number of nitrogens with two attached hydrogens (primary N) is 1. The second kappa shape index (κ2) is 6.97. The fourth-order valence-corrected chi connectivity index (χ4v) is 2.10. The van der Waals surface area contributed by atoms with E-state index in [9.17, 15) is 4.79 Å². The van der Waals surface area contributed by atoms with Gasteiger partial charge >= 0.3 is 0 Å². The SMILES string of the molecule is CC(C)COCCCNC(=O)C1(N)CCCC1. The van der Waals surface area contributed by atoms with E-state index in [1.165, 1.54) is 0 Å². The van der Waals surface area contributed by atoms with Crippen molar-refractivity contribution in [1.82, 2.24) is 5.32 Å². The summed E-state index contributed by atoms with van der Waals surface area (Å²) in [5, 5.41) is 2.91. The molecule has 0 saturated heterocycles. The Bertz CT molecular complexity index is 236. The molecular weight excluding hydrogens is 216 g/mol. The van der Waals surface area contributed by atoms with E-state index in [-0.39, 0.29) is 5.91 Å². The van der Waals surface area contributed by atoms with Crippen LogP contribution in [-0.4, -0.2) is 31.2 Å². The minimum atomic E-state index is -0.598. The summed E-state index contributed by atoms with van der Waals surface area (Å²) in [5.74, 6) is 0.578. The molecule has 3 N–H and O–H groups in total. The molecule has 1 fully saturated rings. The Kier molecular flexibility index (Phi) is 5.92. The fourth-order valence-electron chi connectivity index (χ4n) is 2.10. The predicted molar refractivity (Wildman–Crippen MR) is 68.7 cm³/mol. The van der Waals surface area contributed by atoms with Crippen LogP contribution in [0.1, 0.15) is 46.0 Å². The van der Waals surface area contributed by atoms with Crippen LogP contribution < -0.4 is 11.1 Å². The molecule has 0 spiro atoms. The third-order valence-electron chi connectivity index (χ3n) is 3.15. The van der Waals surface area contributed by atoms with Crippen LogP contribution in [-0.2, 0) is 9.53 Å². The lowest BCUT2D eigenvalue weighted by Gasteiger charge is -2.22. The number of nitrogens with one attached hydrogen (secondary N) is 1. The van der Waals surface area contributed by atoms with Gasteiger partial charge in [0.25, 0.3) is 0 Å². The van der Waals surface area contributed by atoms with Crippen molar-refractivity contribution in [3.05, 3.63) is 0 Å². The normalized spacial score (nSPS) is 18.6. The summed E-state index contributed by atoms with van der Waals surface area (Å²) < 4.78 is 5.44. The molecule has 100 valence electrons. The monoisotopic (exact) mass is 242 g/mol. The highest BCUT2D eigenvalue weighted by molar-refractivity contribution is 5.86. The molecule has 0 heterocycles. The van der Waals surface area contributed by atoms with Gasteiger partial charge in [0.2, 0.25) is 5.91 Å². The predicted octanol–water partition coefficient (Wildman–Crippen LogP) is 1.44. The Morgan fingerprint density at radius 3 is 2.65 bits per heavy atom. The van der Waals surface area contributed by atoms with Crippen LogP contribution >= 0.6 is 0 Å². The first-order valence-corrected chi connectivity index (χ1v) is 6.69. The van der Waals surface area contributed by atoms with Crippen LogP contribution in [0.5, 0.6) is 0 Å². The Balaban J connectivity index is 2.04. The van der Waals surface area contributed by atoms with Gasteiger partial charge in [-0.2, -0.15) is 0 Å². The Morgan fingerprint density at radius 1 is 1.41 bits per heavy atom. The van der Waals surface area contributed by atoms with Gasteiger partial charge in [-0.15, -0.1) is 0 Å². The lowest BCUT2D eigenvalue weighted by molar-refractivity contribution is -0.126. The third kappa shape index (κ3) is 5.04. The van der Waals surface area contributed by atoms with Crippen molar-refractivity contribution in [2.24, 2.45) is 11.7 Å². The van der Waals surface area contributed by atoms with E-state index in [1.807, 2.05) is 0 Å². The second-order valence-corrected chi connectivity index (χ2v) is 5.44. The standard InChI is InChI=1S/C13H26N2O2/c1-11(2)10-17-9-5-8-15-12(16)13(14)6-3-4-7-13/h11H,3-10,14H2,1-2H3,(H,15,16). The lowest BCUT2D eigenvalue weighted by atomic mass is 9.98. The van der Waals surface area contributed by atoms with Gasteiger partial charge in [0, 0.05) is 19.8 Å². The number of carbonyl (C=O) groups is 1. The molecule has 0 bridgehead atoms. The molecular formula is C13H26N2O2. The topological polar surface area (TPSA) is 64.3 Å². The summed E-state index contributed by atoms with van der Waals surface area (Å²) in [6, 6.07) is 0. The second-order valence-electron chi connectivity index (χ2n) is 5.44. The van der Waals surface area contributed by atoms with E-state index < -0.39 is 5.54 Å². The summed E-state index contributed by atoms with van der Waals surface area (Å²) in [4.78, 5) is 11.8. The summed E-state index contributed by atoms with van der Waals surface area (Å²) in [6.45, 7) is 6.40. The van der Waals surface area contributed by atoms with Crippen molar-refractivity contribution >= 4 is 5.91 Å². The van der Waals surface area contributed by atoms with E-state index in [4.69, 9.17) is 10.5 Å². The van der Waals surface area contributed by atoms with E-state index >= 15 is 0 Å². The van der Waals surface area contributed by atoms with Gasteiger partial charge in [-0.25, -0.2) is 0 Å². The summed E-state index contributed by atoms with van der Waals surface area (Å²) in [5.41, 5.74) is 5.44. The van der Waals surface area contributed by atoms with Gasteiger partial charge in [-0.1, -0.05) is 26.7 Å². The van der Waals surface area contributed by atoms with Crippen molar-refractivity contribution in [1.29, 1.82) is 0 Å². The summed E-state index contributed by atoms with van der Waals surface area (Å²) in [7, 11) is 0. The van der Waals surface area contributed by atoms with Gasteiger partial charge in [0.05, 0.1) is 5.54 Å². The minimum Gasteiger partial charge on any atom is -0.381 e. The Labute approximate surface area is 104 Å². The molecule has 1 amide bonds. The first kappa shape index (κ1) is 14.5. The zero-order valence-electron chi connectivity index (χ0n) is 11.1. The number of rotatable bonds is 7. The molecule has 4 heteroatoms.